The van der Waals surface area contributed by atoms with Crippen LogP contribution in [0.15, 0.2) is 65.6 Å². The summed E-state index contributed by atoms with van der Waals surface area (Å²) in [6, 6.07) is 15.4. The van der Waals surface area contributed by atoms with Gasteiger partial charge in [0.1, 0.15) is 0 Å². The Kier molecular flexibility index (Phi) is 6.90. The molecule has 0 radical (unpaired) electrons. The van der Waals surface area contributed by atoms with Gasteiger partial charge in [0.05, 0.1) is 10.8 Å². The highest BCUT2D eigenvalue weighted by Gasteiger charge is 2.33. The van der Waals surface area contributed by atoms with E-state index >= 15 is 0 Å². The average molecular weight is 489 g/mol. The maximum absolute atomic E-state index is 13.5. The highest BCUT2D eigenvalue weighted by Crippen LogP contribution is 2.26. The second-order valence-corrected chi connectivity index (χ2v) is 9.87. The van der Waals surface area contributed by atoms with Crippen molar-refractivity contribution in [3.8, 4) is 0 Å². The number of carbonyl (C=O) groups is 2. The molecule has 1 amide bonds. The molecule has 4 rings (SSSR count). The van der Waals surface area contributed by atoms with Gasteiger partial charge in [-0.2, -0.15) is 4.31 Å². The SMILES string of the molecule is O=C(COC(=O)C1CCN(S(=O)(=O)c2ccc(F)c(F)c2)CC1)Nc1cccc2ccccc12. The topological polar surface area (TPSA) is 92.8 Å². The number of amides is 1. The molecule has 1 fully saturated rings. The van der Waals surface area contributed by atoms with Gasteiger partial charge in [0, 0.05) is 24.2 Å². The lowest BCUT2D eigenvalue weighted by molar-refractivity contribution is -0.152. The molecular formula is C24H22F2N2O5S. The zero-order valence-corrected chi connectivity index (χ0v) is 18.9. The van der Waals surface area contributed by atoms with Crippen molar-refractivity contribution in [3.05, 3.63) is 72.3 Å². The van der Waals surface area contributed by atoms with Crippen LogP contribution in [0.4, 0.5) is 14.5 Å². The van der Waals surface area contributed by atoms with Crippen molar-refractivity contribution in [1.82, 2.24) is 4.31 Å². The van der Waals surface area contributed by atoms with Gasteiger partial charge < -0.3 is 10.1 Å². The predicted octanol–water partition coefficient (Wildman–Crippen LogP) is 3.70. The number of esters is 1. The zero-order chi connectivity index (χ0) is 24.3. The molecule has 1 N–H and O–H groups in total. The summed E-state index contributed by atoms with van der Waals surface area (Å²) in [5, 5.41) is 4.56. The molecule has 10 heteroatoms. The first kappa shape index (κ1) is 23.8. The second kappa shape index (κ2) is 9.86. The maximum Gasteiger partial charge on any atom is 0.309 e. The van der Waals surface area contributed by atoms with Crippen LogP contribution in [0.25, 0.3) is 10.8 Å². The van der Waals surface area contributed by atoms with Crippen LogP contribution in [0.2, 0.25) is 0 Å². The van der Waals surface area contributed by atoms with Gasteiger partial charge in [-0.25, -0.2) is 17.2 Å². The number of benzene rings is 3. The second-order valence-electron chi connectivity index (χ2n) is 7.94. The lowest BCUT2D eigenvalue weighted by Crippen LogP contribution is -2.41. The smallest absolute Gasteiger partial charge is 0.309 e. The number of nitrogens with zero attached hydrogens (tertiary/aromatic N) is 1. The molecule has 3 aromatic rings. The van der Waals surface area contributed by atoms with Crippen molar-refractivity contribution in [2.24, 2.45) is 5.92 Å². The molecule has 3 aromatic carbocycles. The molecule has 178 valence electrons. The van der Waals surface area contributed by atoms with Crippen molar-refractivity contribution < 1.29 is 31.5 Å². The van der Waals surface area contributed by atoms with Crippen LogP contribution in [-0.2, 0) is 24.3 Å². The largest absolute Gasteiger partial charge is 0.455 e. The van der Waals surface area contributed by atoms with Crippen molar-refractivity contribution in [2.75, 3.05) is 25.0 Å². The summed E-state index contributed by atoms with van der Waals surface area (Å²) in [7, 11) is -4.02. The van der Waals surface area contributed by atoms with E-state index in [-0.39, 0.29) is 30.8 Å². The van der Waals surface area contributed by atoms with E-state index in [1.54, 1.807) is 6.07 Å². The molecule has 0 bridgehead atoms. The van der Waals surface area contributed by atoms with Crippen LogP contribution < -0.4 is 5.32 Å². The standard InChI is InChI=1S/C24H22F2N2O5S/c25-20-9-8-18(14-21(20)26)34(31,32)28-12-10-17(11-13-28)24(30)33-15-23(29)27-22-7-3-5-16-4-1-2-6-19(16)22/h1-9,14,17H,10-13,15H2,(H,27,29). The molecule has 0 spiro atoms. The fourth-order valence-corrected chi connectivity index (χ4v) is 5.38. The molecular weight excluding hydrogens is 466 g/mol. The van der Waals surface area contributed by atoms with E-state index < -0.39 is 46.1 Å². The Balaban J connectivity index is 1.29. The number of sulfonamides is 1. The Hall–Kier alpha value is -3.37. The number of hydrogen-bond acceptors (Lipinski definition) is 5. The summed E-state index contributed by atoms with van der Waals surface area (Å²) >= 11 is 0. The molecule has 34 heavy (non-hydrogen) atoms. The number of fused-ring (bicyclic) bond motifs is 1. The Morgan fingerprint density at radius 1 is 0.971 bits per heavy atom. The summed E-state index contributed by atoms with van der Waals surface area (Å²) in [4.78, 5) is 24.4. The molecule has 0 aliphatic carbocycles. The lowest BCUT2D eigenvalue weighted by Gasteiger charge is -2.30. The Morgan fingerprint density at radius 3 is 2.41 bits per heavy atom. The van der Waals surface area contributed by atoms with E-state index in [1.165, 1.54) is 0 Å². The molecule has 0 saturated carbocycles. The average Bonchev–Trinajstić information content (AvgIpc) is 2.84. The molecule has 0 atom stereocenters. The Labute approximate surface area is 195 Å². The van der Waals surface area contributed by atoms with Gasteiger partial charge >= 0.3 is 5.97 Å². The minimum absolute atomic E-state index is 0.0172. The van der Waals surface area contributed by atoms with Gasteiger partial charge in [0.25, 0.3) is 5.91 Å². The van der Waals surface area contributed by atoms with Crippen LogP contribution in [0.1, 0.15) is 12.8 Å². The first-order valence-electron chi connectivity index (χ1n) is 10.6. The molecule has 1 saturated heterocycles. The first-order chi connectivity index (χ1) is 16.3. The molecule has 0 unspecified atom stereocenters. The van der Waals surface area contributed by atoms with Crippen molar-refractivity contribution in [1.29, 1.82) is 0 Å². The lowest BCUT2D eigenvalue weighted by atomic mass is 9.98. The summed E-state index contributed by atoms with van der Waals surface area (Å²) in [6.07, 6.45) is 0.374. The summed E-state index contributed by atoms with van der Waals surface area (Å²) in [5.74, 6) is -4.02. The molecule has 1 aliphatic rings. The fraction of sp³-hybridized carbons (Fsp3) is 0.250. The normalized spacial score (nSPS) is 15.2. The highest BCUT2D eigenvalue weighted by molar-refractivity contribution is 7.89. The predicted molar refractivity (Wildman–Crippen MR) is 121 cm³/mol. The number of halogens is 2. The number of hydrogen-bond donors (Lipinski definition) is 1. The minimum atomic E-state index is -4.02. The maximum atomic E-state index is 13.5. The van der Waals surface area contributed by atoms with Gasteiger partial charge in [0.15, 0.2) is 18.2 Å². The van der Waals surface area contributed by atoms with Gasteiger partial charge in [-0.05, 0) is 42.5 Å². The van der Waals surface area contributed by atoms with Crippen LogP contribution in [0.5, 0.6) is 0 Å². The molecule has 1 aliphatic heterocycles. The molecule has 0 aromatic heterocycles. The van der Waals surface area contributed by atoms with E-state index in [1.807, 2.05) is 36.4 Å². The van der Waals surface area contributed by atoms with Gasteiger partial charge in [-0.15, -0.1) is 0 Å². The first-order valence-corrected chi connectivity index (χ1v) is 12.1. The number of rotatable bonds is 6. The van der Waals surface area contributed by atoms with Crippen LogP contribution in [0.3, 0.4) is 0 Å². The number of carbonyl (C=O) groups excluding carboxylic acids is 2. The molecule has 7 nitrogen and oxygen atoms in total. The van der Waals surface area contributed by atoms with Crippen LogP contribution in [-0.4, -0.2) is 44.3 Å². The number of ether oxygens (including phenoxy) is 1. The van der Waals surface area contributed by atoms with Gasteiger partial charge in [-0.3, -0.25) is 9.59 Å². The highest BCUT2D eigenvalue weighted by atomic mass is 32.2. The van der Waals surface area contributed by atoms with Gasteiger partial charge in [-0.1, -0.05) is 36.4 Å². The summed E-state index contributed by atoms with van der Waals surface area (Å²) in [6.45, 7) is -0.429. The van der Waals surface area contributed by atoms with Crippen LogP contribution >= 0.6 is 0 Å². The third-order valence-electron chi connectivity index (χ3n) is 5.73. The minimum Gasteiger partial charge on any atom is -0.455 e. The van der Waals surface area contributed by atoms with E-state index in [9.17, 15) is 26.8 Å². The van der Waals surface area contributed by atoms with Crippen molar-refractivity contribution in [3.63, 3.8) is 0 Å². The quantitative estimate of drug-likeness (QED) is 0.534. The monoisotopic (exact) mass is 488 g/mol. The zero-order valence-electron chi connectivity index (χ0n) is 18.0. The van der Waals surface area contributed by atoms with E-state index in [0.29, 0.717) is 11.8 Å². The summed E-state index contributed by atoms with van der Waals surface area (Å²) < 4.78 is 58.2. The fourth-order valence-electron chi connectivity index (χ4n) is 3.89. The Morgan fingerprint density at radius 2 is 1.68 bits per heavy atom. The third-order valence-corrected chi connectivity index (χ3v) is 7.62. The molecule has 1 heterocycles. The van der Waals surface area contributed by atoms with E-state index in [2.05, 4.69) is 5.32 Å². The van der Waals surface area contributed by atoms with E-state index in [4.69, 9.17) is 4.74 Å². The number of nitrogens with one attached hydrogen (secondary N) is 1. The third kappa shape index (κ3) is 5.07. The number of anilines is 1. The van der Waals surface area contributed by atoms with Crippen LogP contribution in [0, 0.1) is 17.6 Å². The van der Waals surface area contributed by atoms with Crippen molar-refractivity contribution in [2.45, 2.75) is 17.7 Å². The van der Waals surface area contributed by atoms with Crippen molar-refractivity contribution >= 4 is 38.4 Å². The van der Waals surface area contributed by atoms with Gasteiger partial charge in [0.2, 0.25) is 10.0 Å². The Bertz CT molecular complexity index is 1330. The van der Waals surface area contributed by atoms with E-state index in [0.717, 1.165) is 27.2 Å². The number of piperidine rings is 1. The summed E-state index contributed by atoms with van der Waals surface area (Å²) in [5.41, 5.74) is 0.606.